The van der Waals surface area contributed by atoms with E-state index in [9.17, 15) is 62.3 Å². The number of halogens is 12. The summed E-state index contributed by atoms with van der Waals surface area (Å²) in [6, 6.07) is 0.368. The second-order valence-corrected chi connectivity index (χ2v) is 14.4. The van der Waals surface area contributed by atoms with E-state index in [4.69, 9.17) is 30.7 Å². The number of amides is 2. The van der Waals surface area contributed by atoms with Crippen LogP contribution in [0.2, 0.25) is 0 Å². The Bertz CT molecular complexity index is 2110. The second kappa shape index (κ2) is 19.3. The molecule has 61 heavy (non-hydrogen) atoms. The van der Waals surface area contributed by atoms with Crippen molar-refractivity contribution in [3.8, 4) is 0 Å². The minimum Gasteiger partial charge on any atom is -0.333 e. The molecule has 29 heteroatoms. The van der Waals surface area contributed by atoms with Crippen LogP contribution in [0.15, 0.2) is 24.3 Å². The minimum atomic E-state index is -4.64. The van der Waals surface area contributed by atoms with Gasteiger partial charge in [-0.3, -0.25) is 9.59 Å². The standard InChI is InChI=1S/2C16H15F6N5O.H3O4P/c2*17-10-6-12(19)11(18)4-8(10)3-9(23)5-14(28)26-1-2-27-13(7-26)24-25-15(27)16(20,21)22;1-5(2,3)4/h2*4,6,9H,1-3,5,7,23H2;(H3,1,2,3,4)/t2*9-;/m11./s1. The molecule has 16 nitrogen and oxygen atoms in total. The number of benzene rings is 2. The summed E-state index contributed by atoms with van der Waals surface area (Å²) < 4.78 is 167. The maximum Gasteiger partial charge on any atom is 0.466 e. The number of carbonyl (C=O) groups excluding carboxylic acids is 2. The van der Waals surface area contributed by atoms with Crippen molar-refractivity contribution in [2.45, 2.75) is 76.3 Å². The van der Waals surface area contributed by atoms with Crippen LogP contribution in [0.5, 0.6) is 0 Å². The van der Waals surface area contributed by atoms with Crippen molar-refractivity contribution in [3.63, 3.8) is 0 Å². The van der Waals surface area contributed by atoms with Gasteiger partial charge in [0.05, 0.1) is 13.1 Å². The van der Waals surface area contributed by atoms with E-state index in [-0.39, 0.29) is 87.7 Å². The first-order chi connectivity index (χ1) is 28.1. The highest BCUT2D eigenvalue weighted by Crippen LogP contribution is 2.31. The molecule has 4 heterocycles. The zero-order valence-electron chi connectivity index (χ0n) is 30.8. The minimum absolute atomic E-state index is 0.000783. The number of fused-ring (bicyclic) bond motifs is 2. The molecular formula is C32H33F12N10O6P. The number of nitrogens with two attached hydrogens (primary N) is 2. The van der Waals surface area contributed by atoms with Gasteiger partial charge in [-0.1, -0.05) is 0 Å². The highest BCUT2D eigenvalue weighted by Gasteiger charge is 2.41. The first-order valence-electron chi connectivity index (χ1n) is 17.2. The van der Waals surface area contributed by atoms with E-state index in [0.29, 0.717) is 24.3 Å². The molecule has 7 N–H and O–H groups in total. The van der Waals surface area contributed by atoms with Crippen LogP contribution in [0.4, 0.5) is 52.7 Å². The summed E-state index contributed by atoms with van der Waals surface area (Å²) in [7, 11) is -4.64. The van der Waals surface area contributed by atoms with Gasteiger partial charge in [0.25, 0.3) is 0 Å². The van der Waals surface area contributed by atoms with E-state index in [1.807, 2.05) is 0 Å². The van der Waals surface area contributed by atoms with Gasteiger partial charge in [-0.05, 0) is 36.1 Å². The van der Waals surface area contributed by atoms with Crippen molar-refractivity contribution in [3.05, 3.63) is 93.6 Å². The largest absolute Gasteiger partial charge is 0.466 e. The molecule has 2 aliphatic rings. The summed E-state index contributed by atoms with van der Waals surface area (Å²) in [5.41, 5.74) is 11.3. The molecule has 0 saturated heterocycles. The number of alkyl halides is 6. The fraction of sp³-hybridized carbons (Fsp3) is 0.438. The third-order valence-electron chi connectivity index (χ3n) is 8.74. The van der Waals surface area contributed by atoms with Gasteiger partial charge in [0.15, 0.2) is 34.9 Å². The number of carbonyl (C=O) groups is 2. The molecule has 0 bridgehead atoms. The Morgan fingerprint density at radius 2 is 0.902 bits per heavy atom. The topological polar surface area (TPSA) is 232 Å². The average Bonchev–Trinajstić information content (AvgIpc) is 3.77. The molecule has 0 aliphatic carbocycles. The van der Waals surface area contributed by atoms with E-state index in [0.717, 1.165) is 9.13 Å². The Morgan fingerprint density at radius 1 is 0.590 bits per heavy atom. The lowest BCUT2D eigenvalue weighted by Gasteiger charge is -2.29. The maximum absolute atomic E-state index is 13.7. The van der Waals surface area contributed by atoms with Crippen LogP contribution in [0.1, 0.15) is 47.3 Å². The SMILES string of the molecule is N[C@@H](CC(=O)N1CCn2c(nnc2C(F)(F)F)C1)Cc1cc(F)c(F)cc1F.N[C@@H](CC(=O)N1CCn2c(nnc2C(F)(F)F)C1)Cc1cc(F)c(F)cc1F.O=P(O)(O)O. The smallest absolute Gasteiger partial charge is 0.333 e. The monoisotopic (exact) mass is 912 g/mol. The Kier molecular flexibility index (Phi) is 15.3. The number of nitrogens with zero attached hydrogens (tertiary/aromatic N) is 8. The Labute approximate surface area is 335 Å². The number of aromatic nitrogens is 6. The number of rotatable bonds is 8. The Hall–Kier alpha value is -5.15. The molecule has 4 aromatic rings. The molecule has 336 valence electrons. The lowest BCUT2D eigenvalue weighted by molar-refractivity contribution is -0.149. The molecule has 0 fully saturated rings. The molecule has 2 aliphatic heterocycles. The Morgan fingerprint density at radius 3 is 1.21 bits per heavy atom. The quantitative estimate of drug-likeness (QED) is 0.0976. The van der Waals surface area contributed by atoms with Crippen molar-refractivity contribution < 1.29 is 81.5 Å². The Balaban J connectivity index is 0.000000242. The van der Waals surface area contributed by atoms with E-state index >= 15 is 0 Å². The summed E-state index contributed by atoms with van der Waals surface area (Å²) in [6.45, 7) is -0.604. The lowest BCUT2D eigenvalue weighted by atomic mass is 10.0. The third kappa shape index (κ3) is 13.4. The van der Waals surface area contributed by atoms with Gasteiger partial charge in [0, 0.05) is 63.2 Å². The summed E-state index contributed by atoms with van der Waals surface area (Å²) in [6.07, 6.45) is -10.2. The second-order valence-electron chi connectivity index (χ2n) is 13.4. The van der Waals surface area contributed by atoms with Gasteiger partial charge >= 0.3 is 20.2 Å². The van der Waals surface area contributed by atoms with Gasteiger partial charge in [0.1, 0.15) is 11.6 Å². The lowest BCUT2D eigenvalue weighted by Crippen LogP contribution is -2.42. The van der Waals surface area contributed by atoms with Gasteiger partial charge in [-0.25, -0.2) is 30.9 Å². The third-order valence-corrected chi connectivity index (χ3v) is 8.74. The summed E-state index contributed by atoms with van der Waals surface area (Å²) in [4.78, 5) is 48.8. The van der Waals surface area contributed by atoms with Crippen molar-refractivity contribution in [2.24, 2.45) is 11.5 Å². The molecule has 0 radical (unpaired) electrons. The predicted molar refractivity (Wildman–Crippen MR) is 180 cm³/mol. The summed E-state index contributed by atoms with van der Waals surface area (Å²) in [5.74, 6) is -10.3. The zero-order chi connectivity index (χ0) is 45.8. The van der Waals surface area contributed by atoms with Gasteiger partial charge in [-0.15, -0.1) is 20.4 Å². The molecule has 2 atom stereocenters. The fourth-order valence-corrected chi connectivity index (χ4v) is 6.02. The van der Waals surface area contributed by atoms with Crippen molar-refractivity contribution >= 4 is 19.6 Å². The molecule has 0 unspecified atom stereocenters. The van der Waals surface area contributed by atoms with Crippen molar-refractivity contribution in [1.29, 1.82) is 0 Å². The predicted octanol–water partition coefficient (Wildman–Crippen LogP) is 3.10. The highest BCUT2D eigenvalue weighted by atomic mass is 31.2. The van der Waals surface area contributed by atoms with Crippen LogP contribution in [0.25, 0.3) is 0 Å². The first-order valence-corrected chi connectivity index (χ1v) is 18.8. The van der Waals surface area contributed by atoms with Crippen LogP contribution >= 0.6 is 7.82 Å². The van der Waals surface area contributed by atoms with Gasteiger partial charge in [0.2, 0.25) is 23.5 Å². The molecule has 0 spiro atoms. The first kappa shape index (κ1) is 48.5. The van der Waals surface area contributed by atoms with Crippen LogP contribution in [-0.4, -0.2) is 91.0 Å². The van der Waals surface area contributed by atoms with Crippen molar-refractivity contribution in [1.82, 2.24) is 39.3 Å². The molecular weight excluding hydrogens is 879 g/mol. The molecule has 6 rings (SSSR count). The maximum atomic E-state index is 13.7. The molecule has 2 aromatic carbocycles. The number of hydrogen-bond acceptors (Lipinski definition) is 9. The zero-order valence-corrected chi connectivity index (χ0v) is 31.7. The summed E-state index contributed by atoms with van der Waals surface area (Å²) >= 11 is 0. The number of phosphoric acid groups is 1. The fourth-order valence-electron chi connectivity index (χ4n) is 6.02. The normalized spacial score (nSPS) is 15.2. The van der Waals surface area contributed by atoms with Crippen LogP contribution in [0.3, 0.4) is 0 Å². The average molecular weight is 913 g/mol. The van der Waals surface area contributed by atoms with Gasteiger partial charge in [-0.2, -0.15) is 26.3 Å². The van der Waals surface area contributed by atoms with E-state index in [2.05, 4.69) is 20.4 Å². The molecule has 0 saturated carbocycles. The summed E-state index contributed by atoms with van der Waals surface area (Å²) in [5, 5.41) is 13.2. The van der Waals surface area contributed by atoms with Crippen molar-refractivity contribution in [2.75, 3.05) is 13.1 Å². The van der Waals surface area contributed by atoms with Gasteiger partial charge < -0.3 is 45.1 Å². The van der Waals surface area contributed by atoms with E-state index in [1.54, 1.807) is 0 Å². The van der Waals surface area contributed by atoms with Crippen LogP contribution < -0.4 is 11.5 Å². The van der Waals surface area contributed by atoms with Crippen LogP contribution in [-0.2, 0) is 65.5 Å². The van der Waals surface area contributed by atoms with E-state index < -0.39 is 90.6 Å². The van der Waals surface area contributed by atoms with E-state index in [1.165, 1.54) is 9.80 Å². The van der Waals surface area contributed by atoms with Crippen LogP contribution in [0, 0.1) is 34.9 Å². The number of hydrogen-bond donors (Lipinski definition) is 5. The molecule has 2 aromatic heterocycles. The highest BCUT2D eigenvalue weighted by molar-refractivity contribution is 7.45. The molecule has 2 amide bonds.